The van der Waals surface area contributed by atoms with Gasteiger partial charge in [-0.2, -0.15) is 22.7 Å². The predicted molar refractivity (Wildman–Crippen MR) is 161 cm³/mol. The molecule has 2 heterocycles. The van der Waals surface area contributed by atoms with Crippen LogP contribution in [0, 0.1) is 29.1 Å². The van der Waals surface area contributed by atoms with Gasteiger partial charge in [0.15, 0.2) is 0 Å². The number of pyridine rings is 1. The number of nitrogens with one attached hydrogen (secondary N) is 2. The lowest BCUT2D eigenvalue weighted by Crippen LogP contribution is -2.55. The predicted octanol–water partition coefficient (Wildman–Crippen LogP) is 2.35. The topological polar surface area (TPSA) is 156 Å². The average Bonchev–Trinajstić information content (AvgIpc) is 3.02. The molecule has 0 unspecified atom stereocenters. The molecule has 222 valence electrons. The lowest BCUT2D eigenvalue weighted by atomic mass is 10.1. The summed E-state index contributed by atoms with van der Waals surface area (Å²) in [5.74, 6) is 4.23. The maximum atomic E-state index is 12.7. The zero-order valence-corrected chi connectivity index (χ0v) is 24.6. The minimum absolute atomic E-state index is 0.229. The van der Waals surface area contributed by atoms with Gasteiger partial charge in [-0.1, -0.05) is 37.8 Å². The van der Waals surface area contributed by atoms with Gasteiger partial charge in [-0.15, -0.1) is 0 Å². The highest BCUT2D eigenvalue weighted by Crippen LogP contribution is 2.19. The second-order valence-electron chi connectivity index (χ2n) is 10.3. The maximum Gasteiger partial charge on any atom is 0.322 e. The van der Waals surface area contributed by atoms with E-state index in [1.165, 1.54) is 10.5 Å². The Morgan fingerprint density at radius 1 is 0.953 bits per heavy atom. The van der Waals surface area contributed by atoms with Gasteiger partial charge >= 0.3 is 5.97 Å². The normalized spacial score (nSPS) is 14.3. The molecule has 3 N–H and O–H groups in total. The molecular weight excluding hydrogens is 568 g/mol. The first-order chi connectivity index (χ1) is 20.6. The van der Waals surface area contributed by atoms with Crippen LogP contribution in [0.1, 0.15) is 46.6 Å². The van der Waals surface area contributed by atoms with Gasteiger partial charge in [-0.05, 0) is 60.0 Å². The molecule has 1 aliphatic heterocycles. The van der Waals surface area contributed by atoms with Crippen LogP contribution in [0.5, 0.6) is 0 Å². The van der Waals surface area contributed by atoms with Crippen LogP contribution in [0.3, 0.4) is 0 Å². The molecule has 3 aromatic rings. The third kappa shape index (κ3) is 8.40. The van der Waals surface area contributed by atoms with E-state index in [0.717, 1.165) is 16.8 Å². The van der Waals surface area contributed by atoms with Gasteiger partial charge in [0, 0.05) is 55.7 Å². The summed E-state index contributed by atoms with van der Waals surface area (Å²) in [6.07, 6.45) is 1.53. The Morgan fingerprint density at radius 2 is 1.58 bits per heavy atom. The molecule has 2 aromatic carbocycles. The monoisotopic (exact) mass is 600 g/mol. The number of nitrogens with zero attached hydrogens (tertiary/aromatic N) is 4. The molecule has 1 fully saturated rings. The fourth-order valence-electron chi connectivity index (χ4n) is 4.40. The number of amides is 1. The Kier molecular flexibility index (Phi) is 10.1. The molecule has 0 spiro atoms. The number of piperazine rings is 1. The quantitative estimate of drug-likeness (QED) is 0.316. The van der Waals surface area contributed by atoms with Gasteiger partial charge in [0.25, 0.3) is 16.1 Å². The molecular formula is C31H32N6O5S. The smallest absolute Gasteiger partial charge is 0.322 e. The number of carbonyl (C=O) groups excluding carboxylic acids is 1. The van der Waals surface area contributed by atoms with Crippen molar-refractivity contribution in [3.8, 4) is 17.9 Å². The number of carboxylic acids is 1. The van der Waals surface area contributed by atoms with Crippen LogP contribution in [-0.2, 0) is 21.5 Å². The molecule has 1 aliphatic rings. The zero-order valence-electron chi connectivity index (χ0n) is 23.8. The lowest BCUT2D eigenvalue weighted by Gasteiger charge is -2.36. The van der Waals surface area contributed by atoms with E-state index in [9.17, 15) is 23.1 Å². The van der Waals surface area contributed by atoms with Gasteiger partial charge in [0.1, 0.15) is 11.7 Å². The van der Waals surface area contributed by atoms with Crippen LogP contribution in [0.15, 0.2) is 66.9 Å². The van der Waals surface area contributed by atoms with Gasteiger partial charge in [-0.25, -0.2) is 0 Å². The standard InChI is InChI=1S/C31H32N6O5S/c1-22(2)29(31(39)40)35-43(41,42)37-17-15-36(16-18-37)27-11-9-23(10-12-27)3-4-24-13-14-33-28(19-24)30(38)34-21-26-7-5-25(20-32)6-8-26/h5-14,19,22,29,35H,15-18,21H2,1-2H3,(H,34,38)(H,39,40)/t29-/m1/s1. The Morgan fingerprint density at radius 3 is 2.19 bits per heavy atom. The van der Waals surface area contributed by atoms with Crippen molar-refractivity contribution in [1.29, 1.82) is 5.26 Å². The molecule has 4 rings (SSSR count). The van der Waals surface area contributed by atoms with E-state index in [0.29, 0.717) is 30.8 Å². The van der Waals surface area contributed by atoms with E-state index >= 15 is 0 Å². The molecule has 0 bridgehead atoms. The molecule has 1 saturated heterocycles. The van der Waals surface area contributed by atoms with Crippen molar-refractivity contribution in [3.05, 3.63) is 94.8 Å². The third-order valence-corrected chi connectivity index (χ3v) is 8.50. The molecule has 0 saturated carbocycles. The third-order valence-electron chi connectivity index (χ3n) is 6.90. The van der Waals surface area contributed by atoms with Crippen LogP contribution in [-0.4, -0.2) is 66.9 Å². The van der Waals surface area contributed by atoms with Crippen LogP contribution in [0.25, 0.3) is 0 Å². The summed E-state index contributed by atoms with van der Waals surface area (Å²) in [6, 6.07) is 18.8. The molecule has 1 aromatic heterocycles. The van der Waals surface area contributed by atoms with Gasteiger partial charge in [-0.3, -0.25) is 14.6 Å². The highest BCUT2D eigenvalue weighted by Gasteiger charge is 2.32. The zero-order chi connectivity index (χ0) is 31.0. The fourth-order valence-corrected chi connectivity index (χ4v) is 5.88. The number of benzene rings is 2. The largest absolute Gasteiger partial charge is 0.480 e. The van der Waals surface area contributed by atoms with E-state index in [2.05, 4.69) is 37.8 Å². The Balaban J connectivity index is 1.32. The summed E-state index contributed by atoms with van der Waals surface area (Å²) in [5.41, 5.74) is 3.99. The van der Waals surface area contributed by atoms with E-state index < -0.39 is 22.2 Å². The fraction of sp³-hybridized carbons (Fsp3) is 0.290. The summed E-state index contributed by atoms with van der Waals surface area (Å²) in [7, 11) is -3.93. The molecule has 1 atom stereocenters. The molecule has 12 heteroatoms. The van der Waals surface area contributed by atoms with Crippen LogP contribution in [0.2, 0.25) is 0 Å². The van der Waals surface area contributed by atoms with Crippen molar-refractivity contribution in [3.63, 3.8) is 0 Å². The van der Waals surface area contributed by atoms with Crippen molar-refractivity contribution in [2.45, 2.75) is 26.4 Å². The first-order valence-corrected chi connectivity index (χ1v) is 15.1. The second-order valence-corrected chi connectivity index (χ2v) is 12.0. The van der Waals surface area contributed by atoms with E-state index in [1.54, 1.807) is 50.2 Å². The number of aromatic nitrogens is 1. The highest BCUT2D eigenvalue weighted by atomic mass is 32.2. The lowest BCUT2D eigenvalue weighted by molar-refractivity contribution is -0.140. The summed E-state index contributed by atoms with van der Waals surface area (Å²) in [5, 5.41) is 21.1. The molecule has 43 heavy (non-hydrogen) atoms. The second kappa shape index (κ2) is 13.9. The minimum Gasteiger partial charge on any atom is -0.480 e. The first-order valence-electron chi connectivity index (χ1n) is 13.7. The summed E-state index contributed by atoms with van der Waals surface area (Å²) in [4.78, 5) is 30.2. The number of nitriles is 1. The van der Waals surface area contributed by atoms with Crippen molar-refractivity contribution in [2.75, 3.05) is 31.1 Å². The Hall–Kier alpha value is -4.75. The number of carbonyl (C=O) groups is 2. The first kappa shape index (κ1) is 31.2. The number of carboxylic acid groups (broad SMARTS) is 1. The van der Waals surface area contributed by atoms with E-state index in [-0.39, 0.29) is 30.6 Å². The molecule has 11 nitrogen and oxygen atoms in total. The molecule has 1 amide bonds. The van der Waals surface area contributed by atoms with Crippen LogP contribution < -0.4 is 14.9 Å². The minimum atomic E-state index is -3.93. The van der Waals surface area contributed by atoms with Crippen molar-refractivity contribution in [2.24, 2.45) is 5.92 Å². The number of hydrogen-bond acceptors (Lipinski definition) is 7. The van der Waals surface area contributed by atoms with Crippen LogP contribution >= 0.6 is 0 Å². The molecule has 0 radical (unpaired) electrons. The van der Waals surface area contributed by atoms with Crippen LogP contribution in [0.4, 0.5) is 5.69 Å². The van der Waals surface area contributed by atoms with Gasteiger partial charge in [0.05, 0.1) is 11.6 Å². The average molecular weight is 601 g/mol. The van der Waals surface area contributed by atoms with Crippen molar-refractivity contribution < 1.29 is 23.1 Å². The number of aliphatic carboxylic acids is 1. The number of hydrogen-bond donors (Lipinski definition) is 3. The van der Waals surface area contributed by atoms with Crippen molar-refractivity contribution in [1.82, 2.24) is 19.3 Å². The number of anilines is 1. The summed E-state index contributed by atoms with van der Waals surface area (Å²) < 4.78 is 29.1. The van der Waals surface area contributed by atoms with E-state index in [4.69, 9.17) is 5.26 Å². The van der Waals surface area contributed by atoms with Gasteiger partial charge < -0.3 is 15.3 Å². The Labute approximate surface area is 251 Å². The molecule has 0 aliphatic carbocycles. The Bertz CT molecular complexity index is 1660. The maximum absolute atomic E-state index is 12.7. The summed E-state index contributed by atoms with van der Waals surface area (Å²) in [6.45, 7) is 4.99. The number of rotatable bonds is 9. The highest BCUT2D eigenvalue weighted by molar-refractivity contribution is 7.87. The summed E-state index contributed by atoms with van der Waals surface area (Å²) >= 11 is 0. The van der Waals surface area contributed by atoms with Crippen molar-refractivity contribution >= 4 is 27.8 Å². The van der Waals surface area contributed by atoms with Gasteiger partial charge in [0.2, 0.25) is 0 Å². The van der Waals surface area contributed by atoms with E-state index in [1.807, 2.05) is 24.3 Å². The SMILES string of the molecule is CC(C)[C@@H](NS(=O)(=O)N1CCN(c2ccc(C#Cc3ccnc(C(=O)NCc4ccc(C#N)cc4)c3)cc2)CC1)C(=O)O.